The number of nitrogens with zero attached hydrogens (tertiary/aromatic N) is 1. The summed E-state index contributed by atoms with van der Waals surface area (Å²) in [6, 6.07) is 3.50. The largest absolute Gasteiger partial charge is 0.475 e. The Balaban J connectivity index is 2.58. The molecule has 0 radical (unpaired) electrons. The third-order valence-electron chi connectivity index (χ3n) is 3.63. The average Bonchev–Trinajstić information content (AvgIpc) is 2.58. The monoisotopic (exact) mass is 338 g/mol. The van der Waals surface area contributed by atoms with Crippen molar-refractivity contribution in [2.45, 2.75) is 52.6 Å². The first-order valence-corrected chi connectivity index (χ1v) is 8.67. The van der Waals surface area contributed by atoms with E-state index in [0.29, 0.717) is 44.4 Å². The summed E-state index contributed by atoms with van der Waals surface area (Å²) in [6.45, 7) is 9.90. The van der Waals surface area contributed by atoms with E-state index in [9.17, 15) is 4.79 Å². The Kier molecular flexibility index (Phi) is 9.34. The Labute approximate surface area is 144 Å². The molecule has 0 saturated heterocycles. The van der Waals surface area contributed by atoms with Crippen molar-refractivity contribution in [2.75, 3.05) is 31.7 Å². The highest BCUT2D eigenvalue weighted by Gasteiger charge is 2.33. The van der Waals surface area contributed by atoms with Gasteiger partial charge in [-0.3, -0.25) is 4.79 Å². The van der Waals surface area contributed by atoms with Gasteiger partial charge in [0, 0.05) is 19.3 Å². The first-order valence-electron chi connectivity index (χ1n) is 8.67. The van der Waals surface area contributed by atoms with Crippen molar-refractivity contribution in [3.63, 3.8) is 0 Å². The third-order valence-corrected chi connectivity index (χ3v) is 3.63. The summed E-state index contributed by atoms with van der Waals surface area (Å²) in [5.74, 6) is 0.357. The number of nitrogens with one attached hydrogen (secondary N) is 1. The molecule has 6 nitrogen and oxygen atoms in total. The van der Waals surface area contributed by atoms with Crippen molar-refractivity contribution in [3.05, 3.63) is 18.3 Å². The van der Waals surface area contributed by atoms with Gasteiger partial charge in [-0.2, -0.15) is 0 Å². The first kappa shape index (κ1) is 20.4. The highest BCUT2D eigenvalue weighted by molar-refractivity contribution is 5.96. The number of aromatic nitrogens is 1. The van der Waals surface area contributed by atoms with E-state index in [4.69, 9.17) is 14.2 Å². The molecule has 136 valence electrons. The number of hydrogen-bond donors (Lipinski definition) is 1. The van der Waals surface area contributed by atoms with Crippen LogP contribution in [0.5, 0.6) is 5.88 Å². The highest BCUT2D eigenvalue weighted by Crippen LogP contribution is 2.22. The van der Waals surface area contributed by atoms with Crippen LogP contribution < -0.4 is 10.1 Å². The zero-order chi connectivity index (χ0) is 17.8. The topological polar surface area (TPSA) is 69.7 Å². The molecular weight excluding hydrogens is 308 g/mol. The number of amides is 1. The Hall–Kier alpha value is -1.66. The standard InChI is InChI=1S/C18H30N2O4/c1-5-8-11-18(4,24-7-3)17(21)20-15-9-10-16(19-14-15)23-13-12-22-6-2/h9-10,14H,5-8,11-13H2,1-4H3,(H,20,21). The fourth-order valence-corrected chi connectivity index (χ4v) is 2.24. The van der Waals surface area contributed by atoms with E-state index in [1.54, 1.807) is 18.3 Å². The van der Waals surface area contributed by atoms with Crippen LogP contribution in [0.4, 0.5) is 5.69 Å². The number of carbonyl (C=O) groups is 1. The molecule has 1 amide bonds. The van der Waals surface area contributed by atoms with Gasteiger partial charge in [-0.1, -0.05) is 19.8 Å². The van der Waals surface area contributed by atoms with Crippen LogP contribution in [0.3, 0.4) is 0 Å². The zero-order valence-corrected chi connectivity index (χ0v) is 15.3. The van der Waals surface area contributed by atoms with Crippen molar-refractivity contribution < 1.29 is 19.0 Å². The lowest BCUT2D eigenvalue weighted by molar-refractivity contribution is -0.139. The normalized spacial score (nSPS) is 13.3. The molecule has 0 bridgehead atoms. The van der Waals surface area contributed by atoms with Crippen LogP contribution in [0.1, 0.15) is 47.0 Å². The molecule has 0 fully saturated rings. The fraction of sp³-hybridized carbons (Fsp3) is 0.667. The van der Waals surface area contributed by atoms with Crippen molar-refractivity contribution in [1.29, 1.82) is 0 Å². The Morgan fingerprint density at radius 3 is 2.58 bits per heavy atom. The quantitative estimate of drug-likeness (QED) is 0.591. The predicted molar refractivity (Wildman–Crippen MR) is 94.4 cm³/mol. The smallest absolute Gasteiger partial charge is 0.256 e. The van der Waals surface area contributed by atoms with Crippen LogP contribution in [0.15, 0.2) is 18.3 Å². The number of rotatable bonds is 12. The van der Waals surface area contributed by atoms with Gasteiger partial charge in [-0.15, -0.1) is 0 Å². The molecule has 0 aliphatic rings. The lowest BCUT2D eigenvalue weighted by Gasteiger charge is -2.28. The minimum atomic E-state index is -0.822. The molecule has 6 heteroatoms. The summed E-state index contributed by atoms with van der Waals surface area (Å²) < 4.78 is 16.3. The fourth-order valence-electron chi connectivity index (χ4n) is 2.24. The molecule has 1 rings (SSSR count). The first-order chi connectivity index (χ1) is 11.6. The number of hydrogen-bond acceptors (Lipinski definition) is 5. The van der Waals surface area contributed by atoms with E-state index >= 15 is 0 Å². The number of ether oxygens (including phenoxy) is 3. The summed E-state index contributed by atoms with van der Waals surface area (Å²) in [6.07, 6.45) is 4.23. The molecule has 1 N–H and O–H groups in total. The maximum Gasteiger partial charge on any atom is 0.256 e. The van der Waals surface area contributed by atoms with Crippen molar-refractivity contribution in [2.24, 2.45) is 0 Å². The minimum absolute atomic E-state index is 0.149. The molecule has 0 aliphatic carbocycles. The molecule has 0 aromatic carbocycles. The summed E-state index contributed by atoms with van der Waals surface area (Å²) in [4.78, 5) is 16.7. The van der Waals surface area contributed by atoms with E-state index < -0.39 is 5.60 Å². The van der Waals surface area contributed by atoms with Gasteiger partial charge < -0.3 is 19.5 Å². The van der Waals surface area contributed by atoms with Crippen LogP contribution in [0.25, 0.3) is 0 Å². The molecule has 1 unspecified atom stereocenters. The summed E-state index contributed by atoms with van der Waals surface area (Å²) in [5, 5.41) is 2.87. The molecule has 1 aromatic rings. The van der Waals surface area contributed by atoms with Crippen LogP contribution in [-0.4, -0.2) is 42.9 Å². The van der Waals surface area contributed by atoms with Gasteiger partial charge in [0.2, 0.25) is 5.88 Å². The van der Waals surface area contributed by atoms with Gasteiger partial charge in [0.1, 0.15) is 12.2 Å². The van der Waals surface area contributed by atoms with Gasteiger partial charge >= 0.3 is 0 Å². The van der Waals surface area contributed by atoms with E-state index in [1.165, 1.54) is 0 Å². The van der Waals surface area contributed by atoms with Crippen molar-refractivity contribution in [3.8, 4) is 5.88 Å². The third kappa shape index (κ3) is 6.84. The Morgan fingerprint density at radius 1 is 1.21 bits per heavy atom. The highest BCUT2D eigenvalue weighted by atomic mass is 16.5. The maximum absolute atomic E-state index is 12.5. The number of unbranched alkanes of at least 4 members (excludes halogenated alkanes) is 1. The number of anilines is 1. The average molecular weight is 338 g/mol. The maximum atomic E-state index is 12.5. The summed E-state index contributed by atoms with van der Waals surface area (Å²) in [7, 11) is 0. The van der Waals surface area contributed by atoms with Crippen LogP contribution in [0, 0.1) is 0 Å². The molecule has 1 atom stereocenters. The second-order valence-electron chi connectivity index (χ2n) is 5.65. The predicted octanol–water partition coefficient (Wildman–Crippen LogP) is 3.42. The summed E-state index contributed by atoms with van der Waals surface area (Å²) >= 11 is 0. The number of carbonyl (C=O) groups excluding carboxylic acids is 1. The Morgan fingerprint density at radius 2 is 2.00 bits per heavy atom. The second kappa shape index (κ2) is 11.0. The van der Waals surface area contributed by atoms with Gasteiger partial charge in [0.15, 0.2) is 0 Å². The van der Waals surface area contributed by atoms with E-state index in [1.807, 2.05) is 20.8 Å². The van der Waals surface area contributed by atoms with E-state index in [0.717, 1.165) is 12.8 Å². The van der Waals surface area contributed by atoms with Gasteiger partial charge in [0.05, 0.1) is 18.5 Å². The molecule has 0 saturated carbocycles. The molecule has 1 aromatic heterocycles. The van der Waals surface area contributed by atoms with Crippen LogP contribution >= 0.6 is 0 Å². The minimum Gasteiger partial charge on any atom is -0.475 e. The second-order valence-corrected chi connectivity index (χ2v) is 5.65. The van der Waals surface area contributed by atoms with Crippen molar-refractivity contribution >= 4 is 11.6 Å². The van der Waals surface area contributed by atoms with Gasteiger partial charge in [0.25, 0.3) is 5.91 Å². The SMILES string of the molecule is CCCCC(C)(OCC)C(=O)Nc1ccc(OCCOCC)nc1. The lowest BCUT2D eigenvalue weighted by Crippen LogP contribution is -2.42. The molecule has 1 heterocycles. The molecule has 0 aliphatic heterocycles. The van der Waals surface area contributed by atoms with Gasteiger partial charge in [-0.05, 0) is 33.3 Å². The molecule has 0 spiro atoms. The molecule has 24 heavy (non-hydrogen) atoms. The Bertz CT molecular complexity index is 478. The lowest BCUT2D eigenvalue weighted by atomic mass is 9.97. The van der Waals surface area contributed by atoms with Gasteiger partial charge in [-0.25, -0.2) is 4.98 Å². The zero-order valence-electron chi connectivity index (χ0n) is 15.3. The molecular formula is C18H30N2O4. The van der Waals surface area contributed by atoms with Crippen LogP contribution in [-0.2, 0) is 14.3 Å². The van der Waals surface area contributed by atoms with Crippen molar-refractivity contribution in [1.82, 2.24) is 4.98 Å². The van der Waals surface area contributed by atoms with E-state index in [-0.39, 0.29) is 5.91 Å². The number of pyridine rings is 1. The van der Waals surface area contributed by atoms with E-state index in [2.05, 4.69) is 17.2 Å². The van der Waals surface area contributed by atoms with Crippen LogP contribution in [0.2, 0.25) is 0 Å². The summed E-state index contributed by atoms with van der Waals surface area (Å²) in [5.41, 5.74) is -0.197.